The van der Waals surface area contributed by atoms with Gasteiger partial charge >= 0.3 is 0 Å². The summed E-state index contributed by atoms with van der Waals surface area (Å²) in [5, 5.41) is 3.37. The minimum Gasteiger partial charge on any atom is -0.383 e. The lowest BCUT2D eigenvalue weighted by Gasteiger charge is -2.29. The van der Waals surface area contributed by atoms with E-state index in [9.17, 15) is 0 Å². The molecule has 0 aromatic heterocycles. The largest absolute Gasteiger partial charge is 0.383 e. The van der Waals surface area contributed by atoms with Crippen molar-refractivity contribution in [2.75, 3.05) is 32.7 Å². The van der Waals surface area contributed by atoms with Crippen molar-refractivity contribution in [1.29, 1.82) is 0 Å². The summed E-state index contributed by atoms with van der Waals surface area (Å²) in [5.41, 5.74) is 0.273. The van der Waals surface area contributed by atoms with E-state index in [1.54, 1.807) is 7.11 Å². The second kappa shape index (κ2) is 7.60. The number of rotatable bonds is 8. The fourth-order valence-corrected chi connectivity index (χ4v) is 1.74. The molecule has 0 heterocycles. The zero-order valence-electron chi connectivity index (χ0n) is 9.03. The van der Waals surface area contributed by atoms with E-state index in [1.165, 1.54) is 0 Å². The Labute approximate surface area is 87.0 Å². The number of hydrogen-bond acceptors (Lipinski definition) is 2. The van der Waals surface area contributed by atoms with E-state index in [1.807, 2.05) is 0 Å². The smallest absolute Gasteiger partial charge is 0.0587 e. The van der Waals surface area contributed by atoms with Crippen LogP contribution >= 0.6 is 11.6 Å². The Kier molecular flexibility index (Phi) is 7.72. The van der Waals surface area contributed by atoms with E-state index in [-0.39, 0.29) is 5.41 Å². The fourth-order valence-electron chi connectivity index (χ4n) is 1.26. The van der Waals surface area contributed by atoms with Crippen LogP contribution in [0.2, 0.25) is 0 Å². The van der Waals surface area contributed by atoms with Crippen molar-refractivity contribution < 1.29 is 4.74 Å². The third kappa shape index (κ3) is 4.84. The zero-order chi connectivity index (χ0) is 10.2. The van der Waals surface area contributed by atoms with Crippen LogP contribution in [0, 0.1) is 5.41 Å². The van der Waals surface area contributed by atoms with Gasteiger partial charge in [0.25, 0.3) is 0 Å². The normalized spacial score (nSPS) is 12.0. The quantitative estimate of drug-likeness (QED) is 0.487. The standard InChI is InChI=1S/C10H22ClNO/c1-4-10(5-2,8-11)9-12-6-7-13-3/h12H,4-9H2,1-3H3. The van der Waals surface area contributed by atoms with Gasteiger partial charge in [0.1, 0.15) is 0 Å². The Morgan fingerprint density at radius 2 is 1.92 bits per heavy atom. The maximum absolute atomic E-state index is 5.97. The Hall–Kier alpha value is 0.210. The molecule has 0 aliphatic carbocycles. The van der Waals surface area contributed by atoms with Gasteiger partial charge in [-0.1, -0.05) is 13.8 Å². The highest BCUT2D eigenvalue weighted by molar-refractivity contribution is 6.18. The van der Waals surface area contributed by atoms with Crippen LogP contribution in [0.1, 0.15) is 26.7 Å². The van der Waals surface area contributed by atoms with Crippen molar-refractivity contribution in [2.45, 2.75) is 26.7 Å². The number of hydrogen-bond donors (Lipinski definition) is 1. The van der Waals surface area contributed by atoms with E-state index in [0.717, 1.165) is 38.4 Å². The first-order valence-corrected chi connectivity index (χ1v) is 5.53. The topological polar surface area (TPSA) is 21.3 Å². The van der Waals surface area contributed by atoms with Crippen molar-refractivity contribution in [2.24, 2.45) is 5.41 Å². The Balaban J connectivity index is 3.68. The van der Waals surface area contributed by atoms with Gasteiger partial charge in [-0.05, 0) is 18.3 Å². The van der Waals surface area contributed by atoms with E-state index in [2.05, 4.69) is 19.2 Å². The van der Waals surface area contributed by atoms with Crippen molar-refractivity contribution in [3.05, 3.63) is 0 Å². The molecule has 0 saturated carbocycles. The summed E-state index contributed by atoms with van der Waals surface area (Å²) in [6, 6.07) is 0. The van der Waals surface area contributed by atoms with E-state index >= 15 is 0 Å². The SMILES string of the molecule is CCC(CC)(CCl)CNCCOC. The predicted octanol–water partition coefficient (Wildman–Crippen LogP) is 2.27. The van der Waals surface area contributed by atoms with Crippen LogP contribution in [-0.4, -0.2) is 32.7 Å². The maximum atomic E-state index is 5.97. The molecule has 1 N–H and O–H groups in total. The summed E-state index contributed by atoms with van der Waals surface area (Å²) in [7, 11) is 1.72. The van der Waals surface area contributed by atoms with E-state index in [0.29, 0.717) is 0 Å². The average Bonchev–Trinajstić information content (AvgIpc) is 2.20. The van der Waals surface area contributed by atoms with Gasteiger partial charge in [0.15, 0.2) is 0 Å². The van der Waals surface area contributed by atoms with Gasteiger partial charge in [0.05, 0.1) is 6.61 Å². The molecule has 2 nitrogen and oxygen atoms in total. The summed E-state index contributed by atoms with van der Waals surface area (Å²) in [5.74, 6) is 0.736. The van der Waals surface area contributed by atoms with Crippen LogP contribution in [0.5, 0.6) is 0 Å². The molecule has 0 amide bonds. The fraction of sp³-hybridized carbons (Fsp3) is 1.00. The molecule has 0 aliphatic heterocycles. The van der Waals surface area contributed by atoms with Crippen LogP contribution < -0.4 is 5.32 Å². The number of halogens is 1. The molecule has 0 rings (SSSR count). The first-order valence-electron chi connectivity index (χ1n) is 5.00. The maximum Gasteiger partial charge on any atom is 0.0587 e. The van der Waals surface area contributed by atoms with Gasteiger partial charge in [-0.2, -0.15) is 0 Å². The van der Waals surface area contributed by atoms with Crippen molar-refractivity contribution in [3.63, 3.8) is 0 Å². The van der Waals surface area contributed by atoms with Crippen LogP contribution in [-0.2, 0) is 4.74 Å². The number of nitrogens with one attached hydrogen (secondary N) is 1. The van der Waals surface area contributed by atoms with Gasteiger partial charge in [-0.3, -0.25) is 0 Å². The Morgan fingerprint density at radius 3 is 2.31 bits per heavy atom. The van der Waals surface area contributed by atoms with Gasteiger partial charge < -0.3 is 10.1 Å². The van der Waals surface area contributed by atoms with Gasteiger partial charge in [0.2, 0.25) is 0 Å². The molecule has 13 heavy (non-hydrogen) atoms. The number of ether oxygens (including phenoxy) is 1. The summed E-state index contributed by atoms with van der Waals surface area (Å²) in [6.45, 7) is 7.07. The van der Waals surface area contributed by atoms with Gasteiger partial charge in [-0.25, -0.2) is 0 Å². The van der Waals surface area contributed by atoms with Crippen LogP contribution in [0.25, 0.3) is 0 Å². The molecule has 0 saturated heterocycles. The summed E-state index contributed by atoms with van der Waals surface area (Å²) >= 11 is 5.97. The van der Waals surface area contributed by atoms with Crippen molar-refractivity contribution in [1.82, 2.24) is 5.32 Å². The molecule has 0 fully saturated rings. The second-order valence-electron chi connectivity index (χ2n) is 3.51. The summed E-state index contributed by atoms with van der Waals surface area (Å²) < 4.78 is 4.96. The lowest BCUT2D eigenvalue weighted by Crippen LogP contribution is -2.36. The van der Waals surface area contributed by atoms with E-state index < -0.39 is 0 Å². The molecule has 0 aromatic rings. The lowest BCUT2D eigenvalue weighted by molar-refractivity contribution is 0.191. The monoisotopic (exact) mass is 207 g/mol. The minimum atomic E-state index is 0.273. The zero-order valence-corrected chi connectivity index (χ0v) is 9.78. The molecule has 0 radical (unpaired) electrons. The Morgan fingerprint density at radius 1 is 1.31 bits per heavy atom. The molecular formula is C10H22ClNO. The molecule has 0 atom stereocenters. The molecule has 0 bridgehead atoms. The van der Waals surface area contributed by atoms with Crippen LogP contribution in [0.3, 0.4) is 0 Å². The number of alkyl halides is 1. The molecule has 80 valence electrons. The first-order chi connectivity index (χ1) is 6.24. The average molecular weight is 208 g/mol. The van der Waals surface area contributed by atoms with Crippen LogP contribution in [0.15, 0.2) is 0 Å². The van der Waals surface area contributed by atoms with Crippen LogP contribution in [0.4, 0.5) is 0 Å². The van der Waals surface area contributed by atoms with Gasteiger partial charge in [0, 0.05) is 26.1 Å². The van der Waals surface area contributed by atoms with Crippen molar-refractivity contribution in [3.8, 4) is 0 Å². The van der Waals surface area contributed by atoms with Crippen molar-refractivity contribution >= 4 is 11.6 Å². The molecule has 0 spiro atoms. The summed E-state index contributed by atoms with van der Waals surface area (Å²) in [6.07, 6.45) is 2.26. The third-order valence-electron chi connectivity index (χ3n) is 2.77. The third-order valence-corrected chi connectivity index (χ3v) is 3.33. The Bertz CT molecular complexity index is 107. The summed E-state index contributed by atoms with van der Waals surface area (Å²) in [4.78, 5) is 0. The number of methoxy groups -OCH3 is 1. The lowest BCUT2D eigenvalue weighted by atomic mass is 9.84. The molecule has 3 heteroatoms. The minimum absolute atomic E-state index is 0.273. The highest BCUT2D eigenvalue weighted by Crippen LogP contribution is 2.26. The molecule has 0 aromatic carbocycles. The predicted molar refractivity (Wildman–Crippen MR) is 58.5 cm³/mol. The van der Waals surface area contributed by atoms with Gasteiger partial charge in [-0.15, -0.1) is 11.6 Å². The highest BCUT2D eigenvalue weighted by atomic mass is 35.5. The molecular weight excluding hydrogens is 186 g/mol. The second-order valence-corrected chi connectivity index (χ2v) is 3.78. The molecule has 0 unspecified atom stereocenters. The first kappa shape index (κ1) is 13.2. The highest BCUT2D eigenvalue weighted by Gasteiger charge is 2.23. The molecule has 0 aliphatic rings. The van der Waals surface area contributed by atoms with E-state index in [4.69, 9.17) is 16.3 Å².